The molecular weight excluding hydrogens is 304 g/mol. The van der Waals surface area contributed by atoms with Crippen molar-refractivity contribution in [2.24, 2.45) is 0 Å². The van der Waals surface area contributed by atoms with Gasteiger partial charge >= 0.3 is 35.8 Å². The predicted octanol–water partition coefficient (Wildman–Crippen LogP) is -1.04. The predicted molar refractivity (Wildman–Crippen MR) is 64.9 cm³/mol. The van der Waals surface area contributed by atoms with E-state index >= 15 is 0 Å². The first-order valence-corrected chi connectivity index (χ1v) is 5.22. The number of carbonyl (C=O) groups is 6. The maximum Gasteiger partial charge on any atom is 0.338 e. The summed E-state index contributed by atoms with van der Waals surface area (Å²) in [6.07, 6.45) is 2.69. The molecule has 0 heterocycles. The third kappa shape index (κ3) is 10.4. The van der Waals surface area contributed by atoms with E-state index in [4.69, 9.17) is 10.2 Å². The Balaban J connectivity index is 4.35. The summed E-state index contributed by atoms with van der Waals surface area (Å²) in [5.41, 5.74) is 0. The number of aliphatic carboxylic acids is 2. The minimum atomic E-state index is -1.43. The number of carboxylic acid groups (broad SMARTS) is 2. The van der Waals surface area contributed by atoms with Crippen molar-refractivity contribution in [1.29, 1.82) is 0 Å². The van der Waals surface area contributed by atoms with E-state index in [1.54, 1.807) is 0 Å². The Morgan fingerprint density at radius 2 is 0.727 bits per heavy atom. The molecule has 22 heavy (non-hydrogen) atoms. The smallest absolute Gasteiger partial charge is 0.338 e. The van der Waals surface area contributed by atoms with E-state index in [-0.39, 0.29) is 0 Å². The van der Waals surface area contributed by atoms with Gasteiger partial charge in [0.2, 0.25) is 0 Å². The van der Waals surface area contributed by atoms with Crippen molar-refractivity contribution in [1.82, 2.24) is 0 Å². The van der Waals surface area contributed by atoms with E-state index < -0.39 is 35.8 Å². The largest absolute Gasteiger partial charge is 0.478 e. The lowest BCUT2D eigenvalue weighted by Crippen LogP contribution is -2.11. The van der Waals surface area contributed by atoms with Crippen molar-refractivity contribution in [3.05, 3.63) is 36.5 Å². The lowest BCUT2D eigenvalue weighted by atomic mass is 10.4. The van der Waals surface area contributed by atoms with Gasteiger partial charge in [-0.25, -0.2) is 28.8 Å². The quantitative estimate of drug-likeness (QED) is 0.352. The van der Waals surface area contributed by atoms with E-state index in [0.717, 1.165) is 0 Å². The van der Waals surface area contributed by atoms with Gasteiger partial charge in [0.25, 0.3) is 0 Å². The summed E-state index contributed by atoms with van der Waals surface area (Å²) >= 11 is 0. The molecule has 10 nitrogen and oxygen atoms in total. The van der Waals surface area contributed by atoms with Gasteiger partial charge in [-0.05, 0) is 0 Å². The molecule has 2 N–H and O–H groups in total. The molecule has 0 amide bonds. The van der Waals surface area contributed by atoms with Crippen LogP contribution in [0.5, 0.6) is 0 Å². The molecule has 0 atom stereocenters. The van der Waals surface area contributed by atoms with Crippen LogP contribution in [0, 0.1) is 0 Å². The summed E-state index contributed by atoms with van der Waals surface area (Å²) in [4.78, 5) is 63.9. The van der Waals surface area contributed by atoms with Crippen LogP contribution in [0.3, 0.4) is 0 Å². The zero-order valence-corrected chi connectivity index (χ0v) is 10.6. The summed E-state index contributed by atoms with van der Waals surface area (Å²) in [5, 5.41) is 16.4. The average molecular weight is 312 g/mol. The SMILES string of the molecule is O=C(O)/C=C\C(=O)OC(=O)/C=C/C(=O)OC(=O)/C=C\C(=O)O. The zero-order chi connectivity index (χ0) is 17.1. The number of hydrogen-bond donors (Lipinski definition) is 2. The van der Waals surface area contributed by atoms with Crippen LogP contribution < -0.4 is 0 Å². The third-order valence-electron chi connectivity index (χ3n) is 1.48. The first kappa shape index (κ1) is 18.4. The van der Waals surface area contributed by atoms with E-state index in [1.165, 1.54) is 0 Å². The molecule has 0 saturated carbocycles. The number of rotatable bonds is 6. The summed E-state index contributed by atoms with van der Waals surface area (Å²) < 4.78 is 8.07. The Hall–Kier alpha value is -3.56. The van der Waals surface area contributed by atoms with Gasteiger partial charge in [-0.15, -0.1) is 0 Å². The fourth-order valence-electron chi connectivity index (χ4n) is 0.749. The molecule has 0 bridgehead atoms. The molecule has 10 heteroatoms. The maximum atomic E-state index is 11.0. The van der Waals surface area contributed by atoms with Crippen LogP contribution in [-0.2, 0) is 38.2 Å². The van der Waals surface area contributed by atoms with Crippen LogP contribution in [0.1, 0.15) is 0 Å². The minimum Gasteiger partial charge on any atom is -0.478 e. The van der Waals surface area contributed by atoms with E-state index in [1.807, 2.05) is 0 Å². The second-order valence-corrected chi connectivity index (χ2v) is 3.16. The Morgan fingerprint density at radius 3 is 0.955 bits per heavy atom. The molecule has 0 saturated heterocycles. The number of carboxylic acids is 2. The summed E-state index contributed by atoms with van der Waals surface area (Å²) in [6.45, 7) is 0. The fourth-order valence-corrected chi connectivity index (χ4v) is 0.749. The molecule has 0 spiro atoms. The molecule has 0 aromatic heterocycles. The minimum absolute atomic E-state index is 0.432. The molecule has 0 unspecified atom stereocenters. The average Bonchev–Trinajstić information content (AvgIpc) is 2.40. The molecule has 0 aromatic rings. The maximum absolute atomic E-state index is 11.0. The van der Waals surface area contributed by atoms with E-state index in [0.29, 0.717) is 36.5 Å². The lowest BCUT2D eigenvalue weighted by molar-refractivity contribution is -0.155. The second kappa shape index (κ2) is 9.36. The summed E-state index contributed by atoms with van der Waals surface area (Å²) in [6, 6.07) is 0. The van der Waals surface area contributed by atoms with Gasteiger partial charge in [0.05, 0.1) is 0 Å². The second-order valence-electron chi connectivity index (χ2n) is 3.16. The molecule has 0 radical (unpaired) electrons. The third-order valence-corrected chi connectivity index (χ3v) is 1.48. The van der Waals surface area contributed by atoms with Gasteiger partial charge in [-0.3, -0.25) is 0 Å². The molecule has 0 aromatic carbocycles. The van der Waals surface area contributed by atoms with Crippen LogP contribution in [0.25, 0.3) is 0 Å². The summed E-state index contributed by atoms with van der Waals surface area (Å²) in [7, 11) is 0. The monoisotopic (exact) mass is 312 g/mol. The number of esters is 4. The Kier molecular flexibility index (Phi) is 7.85. The molecule has 0 rings (SSSR count). The fraction of sp³-hybridized carbons (Fsp3) is 0. The highest BCUT2D eigenvalue weighted by Gasteiger charge is 2.08. The zero-order valence-electron chi connectivity index (χ0n) is 10.6. The topological polar surface area (TPSA) is 161 Å². The van der Waals surface area contributed by atoms with Crippen molar-refractivity contribution < 1.29 is 48.5 Å². The number of carbonyl (C=O) groups excluding carboxylic acids is 4. The Labute approximate surface area is 121 Å². The van der Waals surface area contributed by atoms with Crippen molar-refractivity contribution in [2.75, 3.05) is 0 Å². The van der Waals surface area contributed by atoms with Crippen molar-refractivity contribution in [3.8, 4) is 0 Å². The first-order chi connectivity index (χ1) is 10.2. The first-order valence-electron chi connectivity index (χ1n) is 5.22. The van der Waals surface area contributed by atoms with E-state index in [9.17, 15) is 28.8 Å². The molecular formula is C12H8O10. The highest BCUT2D eigenvalue weighted by atomic mass is 16.6. The van der Waals surface area contributed by atoms with Crippen molar-refractivity contribution in [3.63, 3.8) is 0 Å². The highest BCUT2D eigenvalue weighted by Crippen LogP contribution is 1.90. The molecule has 116 valence electrons. The Bertz CT molecular complexity index is 541. The van der Waals surface area contributed by atoms with Crippen LogP contribution >= 0.6 is 0 Å². The van der Waals surface area contributed by atoms with Crippen LogP contribution in [0.15, 0.2) is 36.5 Å². The van der Waals surface area contributed by atoms with Gasteiger partial charge in [0.1, 0.15) is 0 Å². The molecule has 0 aliphatic rings. The van der Waals surface area contributed by atoms with Crippen LogP contribution in [-0.4, -0.2) is 46.0 Å². The van der Waals surface area contributed by atoms with Crippen LogP contribution in [0.2, 0.25) is 0 Å². The lowest BCUT2D eigenvalue weighted by Gasteiger charge is -1.95. The standard InChI is InChI=1S/C12H8O10/c13-7(14)1-3-9(17)21-11(19)5-6-12(20)22-10(18)4-2-8(15)16/h1-6H,(H,13,14)(H,15,16)/b3-1-,4-2-,6-5+. The molecule has 0 aliphatic carbocycles. The van der Waals surface area contributed by atoms with Crippen molar-refractivity contribution in [2.45, 2.75) is 0 Å². The van der Waals surface area contributed by atoms with Gasteiger partial charge in [0, 0.05) is 36.5 Å². The Morgan fingerprint density at radius 1 is 0.500 bits per heavy atom. The van der Waals surface area contributed by atoms with Gasteiger partial charge in [-0.1, -0.05) is 0 Å². The normalized spacial score (nSPS) is 10.7. The highest BCUT2D eigenvalue weighted by molar-refractivity contribution is 6.03. The van der Waals surface area contributed by atoms with Crippen molar-refractivity contribution >= 4 is 35.8 Å². The van der Waals surface area contributed by atoms with Gasteiger partial charge in [-0.2, -0.15) is 0 Å². The molecule has 0 aliphatic heterocycles. The van der Waals surface area contributed by atoms with E-state index in [2.05, 4.69) is 9.47 Å². The van der Waals surface area contributed by atoms with Gasteiger partial charge < -0.3 is 19.7 Å². The molecule has 0 fully saturated rings. The number of hydrogen-bond acceptors (Lipinski definition) is 8. The summed E-state index contributed by atoms with van der Waals surface area (Å²) in [5.74, 6) is -8.07. The number of ether oxygens (including phenoxy) is 2. The van der Waals surface area contributed by atoms with Gasteiger partial charge in [0.15, 0.2) is 0 Å². The van der Waals surface area contributed by atoms with Crippen LogP contribution in [0.4, 0.5) is 0 Å².